The molecule has 0 radical (unpaired) electrons. The summed E-state index contributed by atoms with van der Waals surface area (Å²) in [6.45, 7) is 0.0980. The molecule has 1 amide bonds. The molecule has 25 heavy (non-hydrogen) atoms. The van der Waals surface area contributed by atoms with E-state index in [0.29, 0.717) is 5.56 Å². The average molecular weight is 345 g/mol. The Labute approximate surface area is 144 Å². The summed E-state index contributed by atoms with van der Waals surface area (Å²) in [6, 6.07) is 5.62. The molecule has 3 rings (SSSR count). The smallest absolute Gasteiger partial charge is 0.314 e. The predicted octanol–water partition coefficient (Wildman–Crippen LogP) is 2.04. The van der Waals surface area contributed by atoms with Gasteiger partial charge in [0.25, 0.3) is 0 Å². The van der Waals surface area contributed by atoms with Gasteiger partial charge in [0.2, 0.25) is 5.91 Å². The normalized spacial score (nSPS) is 17.4. The number of benzene rings is 1. The second-order valence-electron chi connectivity index (χ2n) is 6.12. The molecular formula is C18H20FN3O3. The minimum absolute atomic E-state index is 0.0980. The molecule has 2 aromatic rings. The molecular weight excluding hydrogens is 325 g/mol. The molecule has 0 saturated carbocycles. The number of H-pyrrole nitrogens is 1. The number of esters is 1. The number of fused-ring (bicyclic) bond motifs is 1. The van der Waals surface area contributed by atoms with Crippen LogP contribution in [0, 0.1) is 5.82 Å². The first kappa shape index (κ1) is 17.1. The molecule has 132 valence electrons. The van der Waals surface area contributed by atoms with E-state index in [1.54, 1.807) is 6.20 Å². The van der Waals surface area contributed by atoms with Gasteiger partial charge in [0, 0.05) is 17.8 Å². The Bertz CT molecular complexity index is 757. The molecule has 1 aliphatic carbocycles. The van der Waals surface area contributed by atoms with Crippen LogP contribution < -0.4 is 5.32 Å². The summed E-state index contributed by atoms with van der Waals surface area (Å²) >= 11 is 0. The van der Waals surface area contributed by atoms with E-state index in [1.807, 2.05) is 0 Å². The van der Waals surface area contributed by atoms with Gasteiger partial charge in [-0.2, -0.15) is 5.10 Å². The van der Waals surface area contributed by atoms with Crippen molar-refractivity contribution in [3.05, 3.63) is 53.1 Å². The molecule has 0 saturated heterocycles. The maximum absolute atomic E-state index is 13.1. The van der Waals surface area contributed by atoms with Crippen molar-refractivity contribution in [1.29, 1.82) is 0 Å². The molecule has 2 atom stereocenters. The van der Waals surface area contributed by atoms with Gasteiger partial charge in [-0.1, -0.05) is 12.1 Å². The van der Waals surface area contributed by atoms with Crippen LogP contribution >= 0.6 is 0 Å². The average Bonchev–Trinajstić information content (AvgIpc) is 3.11. The van der Waals surface area contributed by atoms with Crippen LogP contribution in [0.1, 0.15) is 41.5 Å². The Morgan fingerprint density at radius 3 is 2.88 bits per heavy atom. The maximum Gasteiger partial charge on any atom is 0.314 e. The van der Waals surface area contributed by atoms with Gasteiger partial charge in [-0.3, -0.25) is 14.7 Å². The molecule has 1 aromatic heterocycles. The van der Waals surface area contributed by atoms with Crippen LogP contribution in [0.15, 0.2) is 30.5 Å². The van der Waals surface area contributed by atoms with Gasteiger partial charge in [0.15, 0.2) is 0 Å². The van der Waals surface area contributed by atoms with Crippen LogP contribution in [-0.4, -0.2) is 35.7 Å². The van der Waals surface area contributed by atoms with Crippen molar-refractivity contribution in [1.82, 2.24) is 15.5 Å². The molecule has 0 spiro atoms. The van der Waals surface area contributed by atoms with Crippen molar-refractivity contribution < 1.29 is 18.7 Å². The van der Waals surface area contributed by atoms with Gasteiger partial charge in [-0.05, 0) is 37.0 Å². The number of nitrogens with zero attached hydrogens (tertiary/aromatic N) is 1. The van der Waals surface area contributed by atoms with E-state index >= 15 is 0 Å². The molecule has 7 heteroatoms. The van der Waals surface area contributed by atoms with Crippen LogP contribution in [0.4, 0.5) is 4.39 Å². The van der Waals surface area contributed by atoms with Crippen molar-refractivity contribution in [2.24, 2.45) is 0 Å². The van der Waals surface area contributed by atoms with Crippen LogP contribution in [0.2, 0.25) is 0 Å². The van der Waals surface area contributed by atoms with E-state index in [2.05, 4.69) is 15.5 Å². The van der Waals surface area contributed by atoms with E-state index < -0.39 is 11.9 Å². The van der Waals surface area contributed by atoms with E-state index in [1.165, 1.54) is 31.4 Å². The van der Waals surface area contributed by atoms with E-state index in [9.17, 15) is 14.0 Å². The van der Waals surface area contributed by atoms with E-state index in [-0.39, 0.29) is 24.2 Å². The molecule has 1 aromatic carbocycles. The highest BCUT2D eigenvalue weighted by molar-refractivity contribution is 5.85. The van der Waals surface area contributed by atoms with Gasteiger partial charge in [0.05, 0.1) is 25.1 Å². The lowest BCUT2D eigenvalue weighted by molar-refractivity contribution is -0.142. The highest BCUT2D eigenvalue weighted by Crippen LogP contribution is 2.30. The Balaban J connectivity index is 1.70. The number of nitrogens with one attached hydrogen (secondary N) is 2. The van der Waals surface area contributed by atoms with Gasteiger partial charge in [-0.25, -0.2) is 4.39 Å². The third-order valence-corrected chi connectivity index (χ3v) is 4.60. The number of amides is 1. The third-order valence-electron chi connectivity index (χ3n) is 4.60. The topological polar surface area (TPSA) is 84.1 Å². The molecule has 1 aliphatic rings. The lowest BCUT2D eigenvalue weighted by atomic mass is 9.86. The van der Waals surface area contributed by atoms with Crippen molar-refractivity contribution in [2.75, 3.05) is 13.7 Å². The van der Waals surface area contributed by atoms with Crippen LogP contribution in [-0.2, 0) is 20.7 Å². The molecule has 0 bridgehead atoms. The number of rotatable bonds is 5. The number of hydrogen-bond donors (Lipinski definition) is 2. The first-order valence-electron chi connectivity index (χ1n) is 8.23. The van der Waals surface area contributed by atoms with Crippen LogP contribution in [0.5, 0.6) is 0 Å². The first-order valence-corrected chi connectivity index (χ1v) is 8.23. The summed E-state index contributed by atoms with van der Waals surface area (Å²) in [7, 11) is 1.29. The number of carbonyl (C=O) groups is 2. The van der Waals surface area contributed by atoms with Gasteiger partial charge in [0.1, 0.15) is 5.82 Å². The lowest BCUT2D eigenvalue weighted by Crippen LogP contribution is -2.36. The minimum Gasteiger partial charge on any atom is -0.468 e. The van der Waals surface area contributed by atoms with Gasteiger partial charge in [-0.15, -0.1) is 0 Å². The Kier molecular flexibility index (Phi) is 5.11. The zero-order valence-corrected chi connectivity index (χ0v) is 13.9. The van der Waals surface area contributed by atoms with Crippen LogP contribution in [0.25, 0.3) is 0 Å². The standard InChI is InChI=1S/C18H20FN3O3/c1-25-18(24)14(11-5-7-12(19)8-6-11)9-20-17(23)13-3-2-4-16-15(13)10-21-22-16/h5-8,10,13-14H,2-4,9H2,1H3,(H,20,23)(H,21,22)/t13-,14+/m1/s1. The zero-order valence-electron chi connectivity index (χ0n) is 13.9. The summed E-state index contributed by atoms with van der Waals surface area (Å²) in [4.78, 5) is 24.7. The van der Waals surface area contributed by atoms with Crippen molar-refractivity contribution in [3.63, 3.8) is 0 Å². The van der Waals surface area contributed by atoms with Crippen molar-refractivity contribution in [3.8, 4) is 0 Å². The summed E-state index contributed by atoms with van der Waals surface area (Å²) in [6.07, 6.45) is 4.24. The fraction of sp³-hybridized carbons (Fsp3) is 0.389. The largest absolute Gasteiger partial charge is 0.468 e. The van der Waals surface area contributed by atoms with Gasteiger partial charge >= 0.3 is 5.97 Å². The summed E-state index contributed by atoms with van der Waals surface area (Å²) in [5.41, 5.74) is 2.51. The number of ether oxygens (including phenoxy) is 1. The number of halogens is 1. The maximum atomic E-state index is 13.1. The monoisotopic (exact) mass is 345 g/mol. The second kappa shape index (κ2) is 7.46. The predicted molar refractivity (Wildman–Crippen MR) is 88.4 cm³/mol. The second-order valence-corrected chi connectivity index (χ2v) is 6.12. The molecule has 6 nitrogen and oxygen atoms in total. The van der Waals surface area contributed by atoms with Crippen molar-refractivity contribution in [2.45, 2.75) is 31.1 Å². The Morgan fingerprint density at radius 1 is 1.40 bits per heavy atom. The molecule has 1 heterocycles. The quantitative estimate of drug-likeness (QED) is 0.812. The Morgan fingerprint density at radius 2 is 2.16 bits per heavy atom. The fourth-order valence-electron chi connectivity index (χ4n) is 3.23. The minimum atomic E-state index is -0.679. The third kappa shape index (κ3) is 3.70. The molecule has 2 N–H and O–H groups in total. The highest BCUT2D eigenvalue weighted by atomic mass is 19.1. The summed E-state index contributed by atoms with van der Waals surface area (Å²) < 4.78 is 17.9. The van der Waals surface area contributed by atoms with E-state index in [0.717, 1.165) is 30.5 Å². The lowest BCUT2D eigenvalue weighted by Gasteiger charge is -2.22. The number of carbonyl (C=O) groups excluding carboxylic acids is 2. The van der Waals surface area contributed by atoms with Crippen molar-refractivity contribution >= 4 is 11.9 Å². The number of hydrogen-bond acceptors (Lipinski definition) is 4. The number of aromatic nitrogens is 2. The molecule has 0 fully saturated rings. The molecule has 0 aliphatic heterocycles. The number of aromatic amines is 1. The highest BCUT2D eigenvalue weighted by Gasteiger charge is 2.29. The number of methoxy groups -OCH3 is 1. The summed E-state index contributed by atoms with van der Waals surface area (Å²) in [5, 5.41) is 9.78. The fourth-order valence-corrected chi connectivity index (χ4v) is 3.23. The SMILES string of the molecule is COC(=O)[C@@H](CNC(=O)[C@@H]1CCCc2[nH]ncc21)c1ccc(F)cc1. The first-order chi connectivity index (χ1) is 12.1. The number of aryl methyl sites for hydroxylation is 1. The van der Waals surface area contributed by atoms with Gasteiger partial charge < -0.3 is 10.1 Å². The van der Waals surface area contributed by atoms with E-state index in [4.69, 9.17) is 4.74 Å². The zero-order chi connectivity index (χ0) is 17.8. The van der Waals surface area contributed by atoms with Crippen LogP contribution in [0.3, 0.4) is 0 Å². The summed E-state index contributed by atoms with van der Waals surface area (Å²) in [5.74, 6) is -1.94. The Hall–Kier alpha value is -2.70. The molecule has 0 unspecified atom stereocenters.